The molecule has 1 aliphatic rings. The molecule has 0 saturated heterocycles. The summed E-state index contributed by atoms with van der Waals surface area (Å²) in [7, 11) is 1.91. The van der Waals surface area contributed by atoms with Crippen molar-refractivity contribution >= 4 is 33.4 Å². The quantitative estimate of drug-likeness (QED) is 0.386. The Morgan fingerprint density at radius 2 is 1.73 bits per heavy atom. The van der Waals surface area contributed by atoms with Gasteiger partial charge in [-0.05, 0) is 82.4 Å². The number of halogens is 1. The molecule has 3 aromatic rings. The number of ether oxygens (including phenoxy) is 1. The maximum Gasteiger partial charge on any atom is 0.264 e. The van der Waals surface area contributed by atoms with Gasteiger partial charge in [-0.25, -0.2) is 18.4 Å². The molecule has 0 aliphatic heterocycles. The summed E-state index contributed by atoms with van der Waals surface area (Å²) in [5.74, 6) is 1.16. The van der Waals surface area contributed by atoms with Crippen molar-refractivity contribution in [1.82, 2.24) is 19.9 Å². The lowest BCUT2D eigenvalue weighted by Gasteiger charge is -2.32. The predicted octanol–water partition coefficient (Wildman–Crippen LogP) is 4.40. The van der Waals surface area contributed by atoms with Crippen LogP contribution in [0.25, 0.3) is 0 Å². The lowest BCUT2D eigenvalue weighted by molar-refractivity contribution is 0.221. The normalized spacial score (nSPS) is 18.0. The molecule has 0 unspecified atom stereocenters. The fourth-order valence-corrected chi connectivity index (χ4v) is 6.03. The second-order valence-corrected chi connectivity index (χ2v) is 11.5. The van der Waals surface area contributed by atoms with E-state index in [0.717, 1.165) is 24.0 Å². The van der Waals surface area contributed by atoms with Crippen molar-refractivity contribution < 1.29 is 13.2 Å². The van der Waals surface area contributed by atoms with E-state index in [-0.39, 0.29) is 15.7 Å². The van der Waals surface area contributed by atoms with E-state index >= 15 is 0 Å². The molecule has 0 radical (unpaired) electrons. The van der Waals surface area contributed by atoms with Gasteiger partial charge in [-0.1, -0.05) is 23.7 Å². The average molecular weight is 545 g/mol. The summed E-state index contributed by atoms with van der Waals surface area (Å²) in [5.41, 5.74) is 1.84. The second-order valence-electron chi connectivity index (χ2n) is 9.43. The molecule has 0 atom stereocenters. The zero-order chi connectivity index (χ0) is 26.4. The minimum Gasteiger partial charge on any atom is -0.481 e. The zero-order valence-corrected chi connectivity index (χ0v) is 22.9. The third-order valence-electron chi connectivity index (χ3n) is 6.65. The molecular weight excluding hydrogens is 512 g/mol. The Balaban J connectivity index is 1.34. The van der Waals surface area contributed by atoms with Gasteiger partial charge in [0.05, 0.1) is 12.1 Å². The van der Waals surface area contributed by atoms with Crippen LogP contribution < -0.4 is 14.8 Å². The van der Waals surface area contributed by atoms with E-state index in [1.807, 2.05) is 12.4 Å². The fourth-order valence-electron chi connectivity index (χ4n) is 4.50. The molecule has 0 spiro atoms. The van der Waals surface area contributed by atoms with Gasteiger partial charge in [-0.2, -0.15) is 4.98 Å². The van der Waals surface area contributed by atoms with Crippen LogP contribution in [0.3, 0.4) is 0 Å². The number of aromatic nitrogens is 3. The average Bonchev–Trinajstić information content (AvgIpc) is 2.89. The van der Waals surface area contributed by atoms with E-state index < -0.39 is 10.0 Å². The van der Waals surface area contributed by atoms with E-state index in [1.165, 1.54) is 32.1 Å². The van der Waals surface area contributed by atoms with Crippen molar-refractivity contribution in [1.29, 1.82) is 0 Å². The first-order chi connectivity index (χ1) is 17.7. The van der Waals surface area contributed by atoms with Crippen LogP contribution in [0.1, 0.15) is 36.8 Å². The molecule has 0 bridgehead atoms. The van der Waals surface area contributed by atoms with Crippen LogP contribution in [0, 0.1) is 0 Å². The highest BCUT2D eigenvalue weighted by Crippen LogP contribution is 2.26. The van der Waals surface area contributed by atoms with Gasteiger partial charge in [-0.15, -0.1) is 0 Å². The summed E-state index contributed by atoms with van der Waals surface area (Å²) in [5, 5.41) is 3.60. The minimum absolute atomic E-state index is 0.0132. The maximum atomic E-state index is 12.7. The largest absolute Gasteiger partial charge is 0.481 e. The molecule has 4 rings (SSSR count). The van der Waals surface area contributed by atoms with Gasteiger partial charge in [0, 0.05) is 30.0 Å². The molecule has 2 N–H and O–H groups in total. The number of nitrogens with one attached hydrogen (secondary N) is 2. The van der Waals surface area contributed by atoms with Gasteiger partial charge in [0.2, 0.25) is 11.8 Å². The van der Waals surface area contributed by atoms with Crippen LogP contribution in [0.15, 0.2) is 53.7 Å². The molecule has 1 aromatic carbocycles. The summed E-state index contributed by atoms with van der Waals surface area (Å²) in [6.45, 7) is 0. The number of benzene rings is 1. The third-order valence-corrected chi connectivity index (χ3v) is 8.50. The summed E-state index contributed by atoms with van der Waals surface area (Å²) in [6.07, 6.45) is 9.60. The highest BCUT2D eigenvalue weighted by atomic mass is 35.5. The van der Waals surface area contributed by atoms with E-state index in [4.69, 9.17) is 16.3 Å². The highest BCUT2D eigenvalue weighted by molar-refractivity contribution is 7.92. The second kappa shape index (κ2) is 12.1. The van der Waals surface area contributed by atoms with E-state index in [0.29, 0.717) is 36.8 Å². The summed E-state index contributed by atoms with van der Waals surface area (Å²) in [4.78, 5) is 15.6. The minimum atomic E-state index is -3.88. The molecule has 1 fully saturated rings. The molecule has 198 valence electrons. The van der Waals surface area contributed by atoms with Gasteiger partial charge in [0.1, 0.15) is 10.7 Å². The smallest absolute Gasteiger partial charge is 0.264 e. The standard InChI is InChI=1S/C26H33ClN6O3S/c1-33(2)21-13-11-20(12-14-21)30-26-28-16-18(17-29-26)8-9-19-10-15-24(31-25(19)36-3)32-37(34,35)23-7-5-4-6-22(23)27/h4-7,10,15-17,20-21H,8-9,11-14H2,1-3H3,(H,31,32)(H,28,29,30). The van der Waals surface area contributed by atoms with Gasteiger partial charge in [0.25, 0.3) is 10.0 Å². The number of sulfonamides is 1. The van der Waals surface area contributed by atoms with Crippen molar-refractivity contribution in [3.8, 4) is 5.88 Å². The third kappa shape index (κ3) is 7.09. The van der Waals surface area contributed by atoms with Gasteiger partial charge in [-0.3, -0.25) is 4.72 Å². The Labute approximate surface area is 223 Å². The molecular formula is C26H33ClN6O3S. The van der Waals surface area contributed by atoms with Crippen LogP contribution in [0.2, 0.25) is 5.02 Å². The molecule has 9 nitrogen and oxygen atoms in total. The van der Waals surface area contributed by atoms with Crippen molar-refractivity contribution in [2.45, 2.75) is 55.5 Å². The molecule has 11 heteroatoms. The first-order valence-electron chi connectivity index (χ1n) is 12.3. The van der Waals surface area contributed by atoms with Crippen LogP contribution in [-0.4, -0.2) is 61.6 Å². The first kappa shape index (κ1) is 27.1. The molecule has 2 aromatic heterocycles. The topological polar surface area (TPSA) is 109 Å². The number of nitrogens with zero attached hydrogens (tertiary/aromatic N) is 4. The number of anilines is 2. The molecule has 1 saturated carbocycles. The van der Waals surface area contributed by atoms with Crippen LogP contribution in [-0.2, 0) is 22.9 Å². The number of methoxy groups -OCH3 is 1. The number of hydrogen-bond donors (Lipinski definition) is 2. The van der Waals surface area contributed by atoms with Gasteiger partial charge < -0.3 is 15.0 Å². The van der Waals surface area contributed by atoms with Crippen molar-refractivity contribution in [2.24, 2.45) is 0 Å². The molecule has 2 heterocycles. The van der Waals surface area contributed by atoms with Gasteiger partial charge in [0.15, 0.2) is 0 Å². The molecule has 0 amide bonds. The molecule has 37 heavy (non-hydrogen) atoms. The van der Waals surface area contributed by atoms with Crippen molar-refractivity contribution in [3.05, 3.63) is 64.9 Å². The Kier molecular flexibility index (Phi) is 8.83. The van der Waals surface area contributed by atoms with Crippen LogP contribution in [0.4, 0.5) is 11.8 Å². The van der Waals surface area contributed by atoms with Crippen LogP contribution in [0.5, 0.6) is 5.88 Å². The summed E-state index contributed by atoms with van der Waals surface area (Å²) in [6, 6.07) is 10.7. The fraction of sp³-hybridized carbons (Fsp3) is 0.423. The van der Waals surface area contributed by atoms with E-state index in [1.54, 1.807) is 24.3 Å². The Morgan fingerprint density at radius 1 is 1.03 bits per heavy atom. The van der Waals surface area contributed by atoms with Crippen molar-refractivity contribution in [2.75, 3.05) is 31.2 Å². The number of pyridine rings is 1. The summed E-state index contributed by atoms with van der Waals surface area (Å²) >= 11 is 6.05. The number of hydrogen-bond acceptors (Lipinski definition) is 8. The van der Waals surface area contributed by atoms with E-state index in [2.05, 4.69) is 44.0 Å². The predicted molar refractivity (Wildman–Crippen MR) is 146 cm³/mol. The molecule has 1 aliphatic carbocycles. The Hall–Kier alpha value is -2.95. The number of rotatable bonds is 10. The first-order valence-corrected chi connectivity index (χ1v) is 14.2. The Bertz CT molecular complexity index is 1300. The van der Waals surface area contributed by atoms with E-state index in [9.17, 15) is 8.42 Å². The van der Waals surface area contributed by atoms with Gasteiger partial charge >= 0.3 is 0 Å². The maximum absolute atomic E-state index is 12.7. The number of aryl methyl sites for hydroxylation is 2. The van der Waals surface area contributed by atoms with Crippen molar-refractivity contribution in [3.63, 3.8) is 0 Å². The highest BCUT2D eigenvalue weighted by Gasteiger charge is 2.23. The Morgan fingerprint density at radius 3 is 2.38 bits per heavy atom. The zero-order valence-electron chi connectivity index (χ0n) is 21.3. The monoisotopic (exact) mass is 544 g/mol. The lowest BCUT2D eigenvalue weighted by atomic mass is 9.91. The summed E-state index contributed by atoms with van der Waals surface area (Å²) < 4.78 is 33.3. The lowest BCUT2D eigenvalue weighted by Crippen LogP contribution is -2.36. The van der Waals surface area contributed by atoms with Crippen LogP contribution >= 0.6 is 11.6 Å². The SMILES string of the molecule is COc1nc(NS(=O)(=O)c2ccccc2Cl)ccc1CCc1cnc(NC2CCC(N(C)C)CC2)nc1.